The maximum Gasteiger partial charge on any atom is 0.220 e. The van der Waals surface area contributed by atoms with Gasteiger partial charge in [0.05, 0.1) is 0 Å². The SMILES string of the molecule is CSC(C)(C)CNC(=O)CCC(C)N. The van der Waals surface area contributed by atoms with Crippen LogP contribution in [0.25, 0.3) is 0 Å². The Labute approximate surface area is 91.2 Å². The van der Waals surface area contributed by atoms with Crippen molar-refractivity contribution >= 4 is 17.7 Å². The fraction of sp³-hybridized carbons (Fsp3) is 0.900. The third-order valence-electron chi connectivity index (χ3n) is 2.09. The van der Waals surface area contributed by atoms with Crippen LogP contribution in [0.4, 0.5) is 0 Å². The van der Waals surface area contributed by atoms with Crippen LogP contribution in [0, 0.1) is 0 Å². The molecular weight excluding hydrogens is 196 g/mol. The first-order chi connectivity index (χ1) is 6.37. The van der Waals surface area contributed by atoms with Gasteiger partial charge in [0.2, 0.25) is 5.91 Å². The fourth-order valence-electron chi connectivity index (χ4n) is 0.831. The van der Waals surface area contributed by atoms with E-state index >= 15 is 0 Å². The first-order valence-corrected chi connectivity index (χ1v) is 6.17. The second-order valence-electron chi connectivity index (χ2n) is 4.26. The molecule has 0 rings (SSSR count). The van der Waals surface area contributed by atoms with Crippen molar-refractivity contribution in [2.75, 3.05) is 12.8 Å². The smallest absolute Gasteiger partial charge is 0.220 e. The first kappa shape index (κ1) is 13.8. The lowest BCUT2D eigenvalue weighted by molar-refractivity contribution is -0.121. The molecule has 0 aromatic heterocycles. The van der Waals surface area contributed by atoms with Crippen molar-refractivity contribution in [3.05, 3.63) is 0 Å². The normalized spacial score (nSPS) is 13.8. The van der Waals surface area contributed by atoms with E-state index in [9.17, 15) is 4.79 Å². The summed E-state index contributed by atoms with van der Waals surface area (Å²) in [4.78, 5) is 11.3. The minimum atomic E-state index is 0.101. The topological polar surface area (TPSA) is 55.1 Å². The monoisotopic (exact) mass is 218 g/mol. The lowest BCUT2D eigenvalue weighted by Crippen LogP contribution is -2.36. The molecule has 0 fully saturated rings. The van der Waals surface area contributed by atoms with Crippen LogP contribution in [0.3, 0.4) is 0 Å². The van der Waals surface area contributed by atoms with Crippen LogP contribution in [0.5, 0.6) is 0 Å². The number of rotatable bonds is 6. The molecule has 0 aliphatic rings. The molecule has 1 amide bonds. The quantitative estimate of drug-likeness (QED) is 0.708. The Kier molecular flexibility index (Phi) is 6.20. The second-order valence-corrected chi connectivity index (χ2v) is 5.77. The molecule has 0 aliphatic carbocycles. The van der Waals surface area contributed by atoms with Gasteiger partial charge in [-0.3, -0.25) is 4.79 Å². The predicted octanol–water partition coefficient (Wildman–Crippen LogP) is 1.37. The predicted molar refractivity (Wildman–Crippen MR) is 63.5 cm³/mol. The molecule has 0 spiro atoms. The van der Waals surface area contributed by atoms with E-state index in [-0.39, 0.29) is 16.7 Å². The van der Waals surface area contributed by atoms with Crippen LogP contribution in [-0.4, -0.2) is 29.5 Å². The summed E-state index contributed by atoms with van der Waals surface area (Å²) in [6.45, 7) is 6.86. The van der Waals surface area contributed by atoms with Crippen LogP contribution >= 0.6 is 11.8 Å². The summed E-state index contributed by atoms with van der Waals surface area (Å²) in [6, 6.07) is 0.106. The van der Waals surface area contributed by atoms with Crippen LogP contribution in [0.2, 0.25) is 0 Å². The fourth-order valence-corrected chi connectivity index (χ4v) is 1.05. The van der Waals surface area contributed by atoms with Gasteiger partial charge in [0, 0.05) is 23.8 Å². The minimum Gasteiger partial charge on any atom is -0.355 e. The zero-order valence-corrected chi connectivity index (χ0v) is 10.4. The van der Waals surface area contributed by atoms with Gasteiger partial charge in [-0.05, 0) is 33.4 Å². The molecule has 1 unspecified atom stereocenters. The molecule has 0 aromatic carbocycles. The molecule has 0 aliphatic heterocycles. The van der Waals surface area contributed by atoms with Crippen LogP contribution in [0.1, 0.15) is 33.6 Å². The maximum atomic E-state index is 11.3. The molecule has 4 heteroatoms. The number of amides is 1. The number of nitrogens with two attached hydrogens (primary N) is 1. The van der Waals surface area contributed by atoms with E-state index in [2.05, 4.69) is 19.2 Å². The highest BCUT2D eigenvalue weighted by Gasteiger charge is 2.16. The van der Waals surface area contributed by atoms with Gasteiger partial charge in [-0.25, -0.2) is 0 Å². The van der Waals surface area contributed by atoms with E-state index in [1.165, 1.54) is 0 Å². The Morgan fingerprint density at radius 2 is 2.14 bits per heavy atom. The molecule has 3 N–H and O–H groups in total. The summed E-state index contributed by atoms with van der Waals surface area (Å²) in [5.41, 5.74) is 5.56. The molecule has 3 nitrogen and oxygen atoms in total. The lowest BCUT2D eigenvalue weighted by Gasteiger charge is -2.22. The average molecular weight is 218 g/mol. The highest BCUT2D eigenvalue weighted by atomic mass is 32.2. The summed E-state index contributed by atoms with van der Waals surface area (Å²) in [7, 11) is 0. The second kappa shape index (κ2) is 6.30. The van der Waals surface area contributed by atoms with Gasteiger partial charge in [-0.15, -0.1) is 0 Å². The highest BCUT2D eigenvalue weighted by molar-refractivity contribution is 7.99. The third kappa shape index (κ3) is 7.21. The van der Waals surface area contributed by atoms with E-state index in [0.717, 1.165) is 6.42 Å². The molecule has 0 saturated carbocycles. The Hall–Kier alpha value is -0.220. The Morgan fingerprint density at radius 1 is 1.57 bits per heavy atom. The van der Waals surface area contributed by atoms with Gasteiger partial charge >= 0.3 is 0 Å². The van der Waals surface area contributed by atoms with E-state index in [1.54, 1.807) is 11.8 Å². The molecule has 14 heavy (non-hydrogen) atoms. The molecule has 0 aromatic rings. The Balaban J connectivity index is 3.64. The Bertz CT molecular complexity index is 181. The van der Waals surface area contributed by atoms with Crippen molar-refractivity contribution in [2.24, 2.45) is 5.73 Å². The number of hydrogen-bond donors (Lipinski definition) is 2. The zero-order valence-electron chi connectivity index (χ0n) is 9.59. The van der Waals surface area contributed by atoms with Crippen LogP contribution < -0.4 is 11.1 Å². The van der Waals surface area contributed by atoms with Crippen molar-refractivity contribution in [1.82, 2.24) is 5.32 Å². The number of thioether (sulfide) groups is 1. The molecular formula is C10H22N2OS. The average Bonchev–Trinajstić information content (AvgIpc) is 2.11. The van der Waals surface area contributed by atoms with Crippen molar-refractivity contribution in [1.29, 1.82) is 0 Å². The largest absolute Gasteiger partial charge is 0.355 e. The summed E-state index contributed by atoms with van der Waals surface area (Å²) < 4.78 is 0.115. The number of nitrogens with one attached hydrogen (secondary N) is 1. The molecule has 0 bridgehead atoms. The van der Waals surface area contributed by atoms with Gasteiger partial charge in [0.15, 0.2) is 0 Å². The number of hydrogen-bond acceptors (Lipinski definition) is 3. The lowest BCUT2D eigenvalue weighted by atomic mass is 10.1. The number of carbonyl (C=O) groups excluding carboxylic acids is 1. The van der Waals surface area contributed by atoms with E-state index in [1.807, 2.05) is 13.2 Å². The summed E-state index contributed by atoms with van der Waals surface area (Å²) >= 11 is 1.75. The van der Waals surface area contributed by atoms with E-state index < -0.39 is 0 Å². The van der Waals surface area contributed by atoms with Gasteiger partial charge in [-0.2, -0.15) is 11.8 Å². The summed E-state index contributed by atoms with van der Waals surface area (Å²) in [6.07, 6.45) is 3.34. The molecule has 84 valence electrons. The van der Waals surface area contributed by atoms with E-state index in [0.29, 0.717) is 13.0 Å². The minimum absolute atomic E-state index is 0.101. The van der Waals surface area contributed by atoms with Crippen molar-refractivity contribution < 1.29 is 4.79 Å². The molecule has 0 radical (unpaired) electrons. The first-order valence-electron chi connectivity index (χ1n) is 4.95. The van der Waals surface area contributed by atoms with Crippen molar-refractivity contribution in [3.8, 4) is 0 Å². The van der Waals surface area contributed by atoms with Gasteiger partial charge < -0.3 is 11.1 Å². The van der Waals surface area contributed by atoms with Gasteiger partial charge in [-0.1, -0.05) is 0 Å². The van der Waals surface area contributed by atoms with Crippen LogP contribution in [0.15, 0.2) is 0 Å². The highest BCUT2D eigenvalue weighted by Crippen LogP contribution is 2.19. The third-order valence-corrected chi connectivity index (χ3v) is 3.34. The van der Waals surface area contributed by atoms with Crippen molar-refractivity contribution in [3.63, 3.8) is 0 Å². The molecule has 0 saturated heterocycles. The Morgan fingerprint density at radius 3 is 2.57 bits per heavy atom. The zero-order chi connectivity index (χ0) is 11.2. The van der Waals surface area contributed by atoms with Gasteiger partial charge in [0.25, 0.3) is 0 Å². The van der Waals surface area contributed by atoms with Crippen molar-refractivity contribution in [2.45, 2.75) is 44.4 Å². The standard InChI is InChI=1S/C10H22N2OS/c1-8(11)5-6-9(13)12-7-10(2,3)14-4/h8H,5-7,11H2,1-4H3,(H,12,13). The summed E-state index contributed by atoms with van der Waals surface area (Å²) in [5.74, 6) is 0.101. The number of carbonyl (C=O) groups is 1. The van der Waals surface area contributed by atoms with Crippen LogP contribution in [-0.2, 0) is 4.79 Å². The van der Waals surface area contributed by atoms with Gasteiger partial charge in [0.1, 0.15) is 0 Å². The summed E-state index contributed by atoms with van der Waals surface area (Å²) in [5, 5.41) is 2.91. The maximum absolute atomic E-state index is 11.3. The molecule has 1 atom stereocenters. The molecule has 0 heterocycles. The van der Waals surface area contributed by atoms with E-state index in [4.69, 9.17) is 5.73 Å².